The van der Waals surface area contributed by atoms with Crippen LogP contribution < -0.4 is 0 Å². The number of carbonyl (C=O) groups is 2. The van der Waals surface area contributed by atoms with Gasteiger partial charge in [-0.2, -0.15) is 0 Å². The van der Waals surface area contributed by atoms with Crippen molar-refractivity contribution in [3.05, 3.63) is 11.6 Å². The van der Waals surface area contributed by atoms with E-state index in [-0.39, 0.29) is 18.9 Å². The zero-order chi connectivity index (χ0) is 10.0. The predicted octanol–water partition coefficient (Wildman–Crippen LogP) is 0.747. The summed E-state index contributed by atoms with van der Waals surface area (Å²) < 4.78 is 0. The van der Waals surface area contributed by atoms with Crippen LogP contribution in [0.15, 0.2) is 11.6 Å². The minimum atomic E-state index is -1.02. The second-order valence-corrected chi connectivity index (χ2v) is 3.38. The zero-order valence-corrected chi connectivity index (χ0v) is 8.36. The number of rotatable bonds is 2. The number of hydrogen-bond donors (Lipinski definition) is 2. The van der Waals surface area contributed by atoms with E-state index >= 15 is 0 Å². The molecule has 0 fully saturated rings. The van der Waals surface area contributed by atoms with Gasteiger partial charge in [0.2, 0.25) is 0 Å². The largest absolute Gasteiger partial charge is 0.481 e. The van der Waals surface area contributed by atoms with Crippen LogP contribution in [0.25, 0.3) is 0 Å². The maximum atomic E-state index is 10.7. The van der Waals surface area contributed by atoms with Crippen molar-refractivity contribution in [2.45, 2.75) is 19.8 Å². The van der Waals surface area contributed by atoms with Crippen LogP contribution in [0, 0.1) is 11.8 Å². The Kier molecular flexibility index (Phi) is 4.96. The predicted molar refractivity (Wildman–Crippen MR) is 51.0 cm³/mol. The van der Waals surface area contributed by atoms with Gasteiger partial charge in [-0.15, -0.1) is 0 Å². The summed E-state index contributed by atoms with van der Waals surface area (Å²) in [7, 11) is 0. The molecule has 0 amide bonds. The maximum absolute atomic E-state index is 10.7. The first-order valence-corrected chi connectivity index (χ1v) is 4.13. The molecule has 0 aromatic heterocycles. The Morgan fingerprint density at radius 2 is 1.79 bits per heavy atom. The molecule has 2 N–H and O–H groups in total. The molecule has 1 rings (SSSR count). The van der Waals surface area contributed by atoms with E-state index in [9.17, 15) is 9.59 Å². The van der Waals surface area contributed by atoms with E-state index in [0.717, 1.165) is 5.57 Å². The van der Waals surface area contributed by atoms with Crippen molar-refractivity contribution >= 4 is 30.8 Å². The third-order valence-corrected chi connectivity index (χ3v) is 2.38. The fraction of sp³-hybridized carbons (Fsp3) is 0.556. The molecule has 1 radical (unpaired) electrons. The minimum Gasteiger partial charge on any atom is -0.481 e. The molecule has 0 saturated carbocycles. The number of aliphatic carboxylic acids is 2. The number of carboxylic acid groups (broad SMARTS) is 2. The van der Waals surface area contributed by atoms with Crippen LogP contribution >= 0.6 is 0 Å². The molecule has 0 saturated heterocycles. The summed E-state index contributed by atoms with van der Waals surface area (Å²) in [5.74, 6) is -3.56. The monoisotopic (exact) mass is 191 g/mol. The molecule has 0 aromatic rings. The van der Waals surface area contributed by atoms with Gasteiger partial charge in [0, 0.05) is 18.9 Å². The molecule has 0 spiro atoms. The van der Waals surface area contributed by atoms with Crippen LogP contribution in [-0.2, 0) is 9.59 Å². The van der Waals surface area contributed by atoms with Crippen molar-refractivity contribution in [3.8, 4) is 0 Å². The van der Waals surface area contributed by atoms with Crippen LogP contribution in [0.3, 0.4) is 0 Å². The maximum Gasteiger partial charge on any atom is 0.307 e. The van der Waals surface area contributed by atoms with Gasteiger partial charge in [-0.05, 0) is 19.8 Å². The van der Waals surface area contributed by atoms with E-state index in [1.54, 1.807) is 6.08 Å². The van der Waals surface area contributed by atoms with Crippen molar-refractivity contribution in [2.24, 2.45) is 11.8 Å². The van der Waals surface area contributed by atoms with E-state index < -0.39 is 23.8 Å². The second-order valence-electron chi connectivity index (χ2n) is 3.38. The summed E-state index contributed by atoms with van der Waals surface area (Å²) in [6.07, 6.45) is 2.49. The average molecular weight is 191 g/mol. The molecule has 73 valence electrons. The van der Waals surface area contributed by atoms with Crippen molar-refractivity contribution in [1.82, 2.24) is 0 Å². The fourth-order valence-corrected chi connectivity index (χ4v) is 1.60. The Labute approximate surface area is 94.2 Å². The third-order valence-electron chi connectivity index (χ3n) is 2.38. The normalized spacial score (nSPS) is 25.9. The molecule has 0 aromatic carbocycles. The Hall–Kier alpha value is -0.723. The minimum absolute atomic E-state index is 0. The third kappa shape index (κ3) is 2.90. The van der Waals surface area contributed by atoms with Crippen molar-refractivity contribution in [3.63, 3.8) is 0 Å². The first-order chi connectivity index (χ1) is 6.02. The molecule has 0 heterocycles. The van der Waals surface area contributed by atoms with Crippen LogP contribution in [0.4, 0.5) is 0 Å². The zero-order valence-electron chi connectivity index (χ0n) is 8.36. The van der Waals surface area contributed by atoms with Gasteiger partial charge in [-0.1, -0.05) is 11.6 Å². The van der Waals surface area contributed by atoms with Crippen molar-refractivity contribution in [2.75, 3.05) is 0 Å². The van der Waals surface area contributed by atoms with Gasteiger partial charge in [0.05, 0.1) is 11.8 Å². The van der Waals surface area contributed by atoms with E-state index in [2.05, 4.69) is 0 Å². The van der Waals surface area contributed by atoms with Crippen molar-refractivity contribution in [1.29, 1.82) is 0 Å². The summed E-state index contributed by atoms with van der Waals surface area (Å²) in [4.78, 5) is 21.4. The second kappa shape index (κ2) is 5.23. The van der Waals surface area contributed by atoms with E-state index in [0.29, 0.717) is 12.8 Å². The van der Waals surface area contributed by atoms with E-state index in [4.69, 9.17) is 10.2 Å². The molecule has 2 atom stereocenters. The van der Waals surface area contributed by atoms with Gasteiger partial charge >= 0.3 is 11.9 Å². The average Bonchev–Trinajstić information content (AvgIpc) is 2.03. The smallest absolute Gasteiger partial charge is 0.307 e. The Morgan fingerprint density at radius 1 is 1.29 bits per heavy atom. The van der Waals surface area contributed by atoms with Gasteiger partial charge in [-0.25, -0.2) is 0 Å². The summed E-state index contributed by atoms with van der Waals surface area (Å²) in [5.41, 5.74) is 0.963. The molecular formula is C9H12LiO4. The Morgan fingerprint density at radius 3 is 2.21 bits per heavy atom. The number of carboxylic acids is 2. The van der Waals surface area contributed by atoms with Crippen LogP contribution in [-0.4, -0.2) is 41.0 Å². The molecule has 1 aliphatic rings. The van der Waals surface area contributed by atoms with E-state index in [1.165, 1.54) is 0 Å². The van der Waals surface area contributed by atoms with Gasteiger partial charge in [0.15, 0.2) is 0 Å². The van der Waals surface area contributed by atoms with E-state index in [1.807, 2.05) is 6.92 Å². The summed E-state index contributed by atoms with van der Waals surface area (Å²) >= 11 is 0. The summed E-state index contributed by atoms with van der Waals surface area (Å²) in [6.45, 7) is 1.83. The van der Waals surface area contributed by atoms with Crippen molar-refractivity contribution < 1.29 is 19.8 Å². The Bertz CT molecular complexity index is 272. The SMILES string of the molecule is CC1=CCC(C(=O)O)C(C(=O)O)C1.[Li]. The molecule has 4 nitrogen and oxygen atoms in total. The Balaban J connectivity index is 0.00000169. The molecule has 2 unspecified atom stereocenters. The quantitative estimate of drug-likeness (QED) is 0.498. The molecule has 1 aliphatic carbocycles. The fourth-order valence-electron chi connectivity index (χ4n) is 1.60. The summed E-state index contributed by atoms with van der Waals surface area (Å²) in [5, 5.41) is 17.5. The number of hydrogen-bond acceptors (Lipinski definition) is 2. The van der Waals surface area contributed by atoms with Gasteiger partial charge in [0.25, 0.3) is 0 Å². The molecular weight excluding hydrogens is 179 g/mol. The first-order valence-electron chi connectivity index (χ1n) is 4.13. The van der Waals surface area contributed by atoms with Gasteiger partial charge in [0.1, 0.15) is 0 Å². The molecule has 5 heteroatoms. The number of allylic oxidation sites excluding steroid dienone is 2. The topological polar surface area (TPSA) is 74.6 Å². The summed E-state index contributed by atoms with van der Waals surface area (Å²) in [6, 6.07) is 0. The van der Waals surface area contributed by atoms with Gasteiger partial charge < -0.3 is 10.2 Å². The molecule has 0 bridgehead atoms. The van der Waals surface area contributed by atoms with Gasteiger partial charge in [-0.3, -0.25) is 9.59 Å². The van der Waals surface area contributed by atoms with Crippen LogP contribution in [0.5, 0.6) is 0 Å². The molecule has 0 aliphatic heterocycles. The first kappa shape index (κ1) is 13.3. The molecule has 14 heavy (non-hydrogen) atoms. The standard InChI is InChI=1S/C9H12O4.Li/c1-5-2-3-6(8(10)11)7(4-5)9(12)13;/h2,6-7H,3-4H2,1H3,(H,10,11)(H,12,13);. The van der Waals surface area contributed by atoms with Crippen LogP contribution in [0.1, 0.15) is 19.8 Å². The van der Waals surface area contributed by atoms with Crippen LogP contribution in [0.2, 0.25) is 0 Å².